The molecule has 1 N–H and O–H groups in total. The zero-order chi connectivity index (χ0) is 13.2. The zero-order valence-corrected chi connectivity index (χ0v) is 11.9. The molecule has 1 saturated heterocycles. The Morgan fingerprint density at radius 2 is 2.16 bits per heavy atom. The summed E-state index contributed by atoms with van der Waals surface area (Å²) < 4.78 is 5.53. The molecular weight excluding hydrogens is 236 g/mol. The normalized spacial score (nSPS) is 31.2. The first kappa shape index (κ1) is 12.9. The van der Waals surface area contributed by atoms with E-state index < -0.39 is 0 Å². The SMILES string of the molecule is COc1ccccc1C1CNCCN1CC1CC1C. The molecule has 19 heavy (non-hydrogen) atoms. The van der Waals surface area contributed by atoms with E-state index in [1.54, 1.807) is 7.11 Å². The molecule has 3 nitrogen and oxygen atoms in total. The smallest absolute Gasteiger partial charge is 0.123 e. The van der Waals surface area contributed by atoms with Gasteiger partial charge in [-0.2, -0.15) is 0 Å². The number of piperazine rings is 1. The summed E-state index contributed by atoms with van der Waals surface area (Å²) in [6.45, 7) is 6.89. The second-order valence-corrected chi connectivity index (χ2v) is 5.93. The van der Waals surface area contributed by atoms with Crippen LogP contribution in [0.3, 0.4) is 0 Å². The van der Waals surface area contributed by atoms with Crippen molar-refractivity contribution in [2.45, 2.75) is 19.4 Å². The summed E-state index contributed by atoms with van der Waals surface area (Å²) in [5, 5.41) is 3.52. The third-order valence-corrected chi connectivity index (χ3v) is 4.60. The highest BCUT2D eigenvalue weighted by atomic mass is 16.5. The maximum absolute atomic E-state index is 5.53. The van der Waals surface area contributed by atoms with E-state index in [9.17, 15) is 0 Å². The molecule has 1 aromatic carbocycles. The second-order valence-electron chi connectivity index (χ2n) is 5.93. The third kappa shape index (κ3) is 2.77. The third-order valence-electron chi connectivity index (χ3n) is 4.60. The van der Waals surface area contributed by atoms with Gasteiger partial charge >= 0.3 is 0 Å². The average molecular weight is 260 g/mol. The molecule has 3 rings (SSSR count). The second kappa shape index (κ2) is 5.51. The minimum Gasteiger partial charge on any atom is -0.496 e. The quantitative estimate of drug-likeness (QED) is 0.899. The van der Waals surface area contributed by atoms with Gasteiger partial charge in [-0.05, 0) is 24.3 Å². The molecule has 2 fully saturated rings. The van der Waals surface area contributed by atoms with Crippen LogP contribution < -0.4 is 10.1 Å². The zero-order valence-electron chi connectivity index (χ0n) is 11.9. The van der Waals surface area contributed by atoms with Crippen LogP contribution >= 0.6 is 0 Å². The van der Waals surface area contributed by atoms with Crippen LogP contribution in [0.2, 0.25) is 0 Å². The lowest BCUT2D eigenvalue weighted by atomic mass is 10.0. The van der Waals surface area contributed by atoms with Crippen molar-refractivity contribution in [1.29, 1.82) is 0 Å². The van der Waals surface area contributed by atoms with Gasteiger partial charge in [0.25, 0.3) is 0 Å². The van der Waals surface area contributed by atoms with Gasteiger partial charge in [-0.25, -0.2) is 0 Å². The first-order valence-corrected chi connectivity index (χ1v) is 7.37. The van der Waals surface area contributed by atoms with Gasteiger partial charge < -0.3 is 10.1 Å². The van der Waals surface area contributed by atoms with Crippen LogP contribution in [-0.2, 0) is 0 Å². The van der Waals surface area contributed by atoms with Crippen LogP contribution in [-0.4, -0.2) is 38.2 Å². The predicted molar refractivity (Wildman–Crippen MR) is 77.4 cm³/mol. The van der Waals surface area contributed by atoms with Gasteiger partial charge in [-0.1, -0.05) is 25.1 Å². The molecule has 1 heterocycles. The van der Waals surface area contributed by atoms with Gasteiger partial charge in [-0.15, -0.1) is 0 Å². The Morgan fingerprint density at radius 3 is 2.89 bits per heavy atom. The standard InChI is InChI=1S/C16H24N2O/c1-12-9-13(12)11-18-8-7-17-10-15(18)14-5-3-4-6-16(14)19-2/h3-6,12-13,15,17H,7-11H2,1-2H3. The monoisotopic (exact) mass is 260 g/mol. The van der Waals surface area contributed by atoms with Crippen LogP contribution in [0, 0.1) is 11.8 Å². The average Bonchev–Trinajstić information content (AvgIpc) is 3.15. The molecule has 1 saturated carbocycles. The minimum atomic E-state index is 0.456. The molecule has 104 valence electrons. The molecule has 3 atom stereocenters. The van der Waals surface area contributed by atoms with E-state index in [0.717, 1.165) is 37.2 Å². The molecule has 1 aliphatic carbocycles. The fourth-order valence-electron chi connectivity index (χ4n) is 3.17. The van der Waals surface area contributed by atoms with Crippen molar-refractivity contribution in [3.8, 4) is 5.75 Å². The molecule has 0 amide bonds. The molecule has 3 heteroatoms. The lowest BCUT2D eigenvalue weighted by Gasteiger charge is -2.37. The van der Waals surface area contributed by atoms with Crippen LogP contribution in [0.1, 0.15) is 24.9 Å². The first-order valence-electron chi connectivity index (χ1n) is 7.37. The molecule has 0 bridgehead atoms. The van der Waals surface area contributed by atoms with Crippen molar-refractivity contribution in [2.75, 3.05) is 33.3 Å². The molecule has 0 aromatic heterocycles. The van der Waals surface area contributed by atoms with Crippen molar-refractivity contribution >= 4 is 0 Å². The molecule has 2 aliphatic rings. The van der Waals surface area contributed by atoms with Gasteiger partial charge in [0.05, 0.1) is 13.2 Å². The van der Waals surface area contributed by atoms with Gasteiger partial charge in [0.15, 0.2) is 0 Å². The Morgan fingerprint density at radius 1 is 1.37 bits per heavy atom. The highest BCUT2D eigenvalue weighted by molar-refractivity contribution is 5.36. The number of rotatable bonds is 4. The Kier molecular flexibility index (Phi) is 3.76. The van der Waals surface area contributed by atoms with Gasteiger partial charge in [-0.3, -0.25) is 4.90 Å². The van der Waals surface area contributed by atoms with Crippen molar-refractivity contribution < 1.29 is 4.74 Å². The van der Waals surface area contributed by atoms with Crippen LogP contribution in [0.15, 0.2) is 24.3 Å². The van der Waals surface area contributed by atoms with Crippen LogP contribution in [0.25, 0.3) is 0 Å². The van der Waals surface area contributed by atoms with Crippen LogP contribution in [0.5, 0.6) is 5.75 Å². The van der Waals surface area contributed by atoms with E-state index in [-0.39, 0.29) is 0 Å². The van der Waals surface area contributed by atoms with Gasteiger partial charge in [0.2, 0.25) is 0 Å². The number of benzene rings is 1. The number of methoxy groups -OCH3 is 1. The number of nitrogens with zero attached hydrogens (tertiary/aromatic N) is 1. The lowest BCUT2D eigenvalue weighted by Crippen LogP contribution is -2.46. The van der Waals surface area contributed by atoms with Gasteiger partial charge in [0.1, 0.15) is 5.75 Å². The molecule has 1 aromatic rings. The number of para-hydroxylation sites is 1. The van der Waals surface area contributed by atoms with E-state index in [4.69, 9.17) is 4.74 Å². The van der Waals surface area contributed by atoms with Crippen LogP contribution in [0.4, 0.5) is 0 Å². The number of nitrogens with one attached hydrogen (secondary N) is 1. The molecule has 0 radical (unpaired) electrons. The maximum atomic E-state index is 5.53. The summed E-state index contributed by atoms with van der Waals surface area (Å²) in [6, 6.07) is 8.90. The summed E-state index contributed by atoms with van der Waals surface area (Å²) >= 11 is 0. The molecule has 1 aliphatic heterocycles. The van der Waals surface area contributed by atoms with E-state index in [1.165, 1.54) is 18.5 Å². The van der Waals surface area contributed by atoms with Gasteiger partial charge in [0, 0.05) is 31.7 Å². The van der Waals surface area contributed by atoms with Crippen molar-refractivity contribution in [3.05, 3.63) is 29.8 Å². The van der Waals surface area contributed by atoms with E-state index >= 15 is 0 Å². The largest absolute Gasteiger partial charge is 0.496 e. The summed E-state index contributed by atoms with van der Waals surface area (Å²) in [7, 11) is 1.77. The predicted octanol–water partition coefficient (Wildman–Crippen LogP) is 2.30. The topological polar surface area (TPSA) is 24.5 Å². The van der Waals surface area contributed by atoms with E-state index in [2.05, 4.69) is 35.3 Å². The summed E-state index contributed by atoms with van der Waals surface area (Å²) in [5.74, 6) is 2.86. The van der Waals surface area contributed by atoms with E-state index in [1.807, 2.05) is 6.07 Å². The molecular formula is C16H24N2O. The fourth-order valence-corrected chi connectivity index (χ4v) is 3.17. The lowest BCUT2D eigenvalue weighted by molar-refractivity contribution is 0.150. The first-order chi connectivity index (χ1) is 9.29. The molecule has 3 unspecified atom stereocenters. The summed E-state index contributed by atoms with van der Waals surface area (Å²) in [4.78, 5) is 2.64. The number of ether oxygens (including phenoxy) is 1. The Bertz CT molecular complexity index is 435. The Hall–Kier alpha value is -1.06. The van der Waals surface area contributed by atoms with Crippen molar-refractivity contribution in [1.82, 2.24) is 10.2 Å². The molecule has 0 spiro atoms. The van der Waals surface area contributed by atoms with E-state index in [0.29, 0.717) is 6.04 Å². The maximum Gasteiger partial charge on any atom is 0.123 e. The minimum absolute atomic E-state index is 0.456. The fraction of sp³-hybridized carbons (Fsp3) is 0.625. The van der Waals surface area contributed by atoms with Crippen molar-refractivity contribution in [3.63, 3.8) is 0 Å². The summed E-state index contributed by atoms with van der Waals surface area (Å²) in [6.07, 6.45) is 1.41. The highest BCUT2D eigenvalue weighted by Gasteiger charge is 2.36. The highest BCUT2D eigenvalue weighted by Crippen LogP contribution is 2.40. The number of hydrogen-bond donors (Lipinski definition) is 1. The van der Waals surface area contributed by atoms with Crippen molar-refractivity contribution in [2.24, 2.45) is 11.8 Å². The number of hydrogen-bond acceptors (Lipinski definition) is 3. The Balaban J connectivity index is 1.78. The Labute approximate surface area is 115 Å². The summed E-state index contributed by atoms with van der Waals surface area (Å²) in [5.41, 5.74) is 1.32.